The largest absolute Gasteiger partial charge is 0.459 e. The predicted molar refractivity (Wildman–Crippen MR) is 73.3 cm³/mol. The number of ether oxygens (including phenoxy) is 1. The summed E-state index contributed by atoms with van der Waals surface area (Å²) >= 11 is 0. The van der Waals surface area contributed by atoms with E-state index in [1.165, 1.54) is 10.5 Å². The fourth-order valence-electron chi connectivity index (χ4n) is 2.34. The van der Waals surface area contributed by atoms with Crippen molar-refractivity contribution in [2.45, 2.75) is 26.9 Å². The summed E-state index contributed by atoms with van der Waals surface area (Å²) in [7, 11) is 0. The number of carbonyl (C=O) groups excluding carboxylic acids is 1. The van der Waals surface area contributed by atoms with Crippen molar-refractivity contribution in [1.29, 1.82) is 0 Å². The maximum Gasteiger partial charge on any atom is 0.309 e. The lowest BCUT2D eigenvalue weighted by Crippen LogP contribution is -2.18. The summed E-state index contributed by atoms with van der Waals surface area (Å²) in [5.74, 6) is 0.253. The SMILES string of the molecule is Cc1cccc2nc(COC(=O)[C@@H]3C[C@H]3C)cc(=O)n12. The van der Waals surface area contributed by atoms with E-state index in [9.17, 15) is 9.59 Å². The number of hydrogen-bond donors (Lipinski definition) is 0. The zero-order valence-corrected chi connectivity index (χ0v) is 11.5. The van der Waals surface area contributed by atoms with E-state index in [1.807, 2.05) is 26.0 Å². The van der Waals surface area contributed by atoms with E-state index in [1.54, 1.807) is 6.07 Å². The van der Waals surface area contributed by atoms with Crippen LogP contribution in [-0.2, 0) is 16.1 Å². The highest BCUT2D eigenvalue weighted by atomic mass is 16.5. The zero-order chi connectivity index (χ0) is 14.3. The fraction of sp³-hybridized carbons (Fsp3) is 0.400. The van der Waals surface area contributed by atoms with E-state index >= 15 is 0 Å². The van der Waals surface area contributed by atoms with Gasteiger partial charge in [-0.05, 0) is 31.4 Å². The zero-order valence-electron chi connectivity index (χ0n) is 11.5. The number of aromatic nitrogens is 2. The van der Waals surface area contributed by atoms with Gasteiger partial charge in [0.25, 0.3) is 5.56 Å². The summed E-state index contributed by atoms with van der Waals surface area (Å²) in [6, 6.07) is 6.88. The minimum absolute atomic E-state index is 0.0267. The third kappa shape index (κ3) is 2.31. The van der Waals surface area contributed by atoms with E-state index < -0.39 is 0 Å². The van der Waals surface area contributed by atoms with E-state index in [4.69, 9.17) is 4.74 Å². The molecule has 2 atom stereocenters. The molecule has 0 radical (unpaired) electrons. The molecule has 20 heavy (non-hydrogen) atoms. The molecule has 0 amide bonds. The van der Waals surface area contributed by atoms with Gasteiger partial charge < -0.3 is 4.74 Å². The molecule has 1 aliphatic rings. The molecular weight excluding hydrogens is 256 g/mol. The topological polar surface area (TPSA) is 60.7 Å². The third-order valence-electron chi connectivity index (χ3n) is 3.71. The number of rotatable bonds is 3. The molecule has 1 fully saturated rings. The van der Waals surface area contributed by atoms with E-state index in [0.717, 1.165) is 12.1 Å². The second-order valence-corrected chi connectivity index (χ2v) is 5.37. The summed E-state index contributed by atoms with van der Waals surface area (Å²) in [6.07, 6.45) is 0.895. The fourth-order valence-corrected chi connectivity index (χ4v) is 2.34. The summed E-state index contributed by atoms with van der Waals surface area (Å²) in [5.41, 5.74) is 1.74. The van der Waals surface area contributed by atoms with Crippen molar-refractivity contribution in [3.05, 3.63) is 46.0 Å². The molecule has 5 heteroatoms. The Balaban J connectivity index is 1.82. The van der Waals surface area contributed by atoms with E-state index in [-0.39, 0.29) is 24.1 Å². The van der Waals surface area contributed by atoms with Crippen LogP contribution < -0.4 is 5.56 Å². The number of nitrogens with zero attached hydrogens (tertiary/aromatic N) is 2. The van der Waals surface area contributed by atoms with Crippen molar-refractivity contribution in [3.63, 3.8) is 0 Å². The Morgan fingerprint density at radius 3 is 2.95 bits per heavy atom. The lowest BCUT2D eigenvalue weighted by atomic mass is 10.3. The third-order valence-corrected chi connectivity index (χ3v) is 3.71. The lowest BCUT2D eigenvalue weighted by molar-refractivity contribution is -0.147. The van der Waals surface area contributed by atoms with Crippen molar-refractivity contribution >= 4 is 11.6 Å². The molecule has 0 aromatic carbocycles. The molecule has 104 valence electrons. The van der Waals surface area contributed by atoms with Crippen LogP contribution in [0.3, 0.4) is 0 Å². The first kappa shape index (κ1) is 12.8. The van der Waals surface area contributed by atoms with Gasteiger partial charge in [-0.15, -0.1) is 0 Å². The minimum Gasteiger partial charge on any atom is -0.459 e. The quantitative estimate of drug-likeness (QED) is 0.798. The lowest BCUT2D eigenvalue weighted by Gasteiger charge is -2.07. The summed E-state index contributed by atoms with van der Waals surface area (Å²) in [5, 5.41) is 0. The maximum absolute atomic E-state index is 12.0. The van der Waals surface area contributed by atoms with Gasteiger partial charge in [0.05, 0.1) is 11.6 Å². The van der Waals surface area contributed by atoms with Crippen LogP contribution in [0.25, 0.3) is 5.65 Å². The number of hydrogen-bond acceptors (Lipinski definition) is 4. The van der Waals surface area contributed by atoms with Crippen LogP contribution in [0, 0.1) is 18.8 Å². The van der Waals surface area contributed by atoms with E-state index in [0.29, 0.717) is 17.3 Å². The van der Waals surface area contributed by atoms with Crippen molar-refractivity contribution in [3.8, 4) is 0 Å². The van der Waals surface area contributed by atoms with Crippen LogP contribution in [0.5, 0.6) is 0 Å². The van der Waals surface area contributed by atoms with Gasteiger partial charge in [0.15, 0.2) is 0 Å². The Morgan fingerprint density at radius 2 is 2.25 bits per heavy atom. The predicted octanol–water partition coefficient (Wildman–Crippen LogP) is 1.70. The number of fused-ring (bicyclic) bond motifs is 1. The molecule has 2 aromatic heterocycles. The number of aryl methyl sites for hydroxylation is 1. The van der Waals surface area contributed by atoms with Crippen LogP contribution in [0.4, 0.5) is 0 Å². The van der Waals surface area contributed by atoms with E-state index in [2.05, 4.69) is 4.98 Å². The Morgan fingerprint density at radius 1 is 1.50 bits per heavy atom. The Labute approximate surface area is 116 Å². The van der Waals surface area contributed by atoms with Gasteiger partial charge in [0, 0.05) is 11.8 Å². The molecule has 5 nitrogen and oxygen atoms in total. The van der Waals surface area contributed by atoms with Gasteiger partial charge in [-0.1, -0.05) is 13.0 Å². The van der Waals surface area contributed by atoms with Gasteiger partial charge in [0.1, 0.15) is 12.3 Å². The molecule has 0 spiro atoms. The van der Waals surface area contributed by atoms with Gasteiger partial charge in [-0.3, -0.25) is 14.0 Å². The van der Waals surface area contributed by atoms with Crippen LogP contribution in [0.15, 0.2) is 29.1 Å². The highest BCUT2D eigenvalue weighted by molar-refractivity contribution is 5.75. The molecule has 0 bridgehead atoms. The molecule has 0 saturated heterocycles. The summed E-state index contributed by atoms with van der Waals surface area (Å²) < 4.78 is 6.74. The maximum atomic E-state index is 12.0. The van der Waals surface area contributed by atoms with Crippen LogP contribution >= 0.6 is 0 Å². The van der Waals surface area contributed by atoms with Crippen LogP contribution in [0.1, 0.15) is 24.7 Å². The van der Waals surface area contributed by atoms with Gasteiger partial charge in [0.2, 0.25) is 0 Å². The molecule has 1 aliphatic carbocycles. The van der Waals surface area contributed by atoms with Gasteiger partial charge in [-0.25, -0.2) is 4.98 Å². The normalized spacial score (nSPS) is 20.9. The van der Waals surface area contributed by atoms with Crippen LogP contribution in [0.2, 0.25) is 0 Å². The standard InChI is InChI=1S/C15H16N2O3/c1-9-6-12(9)15(19)20-8-11-7-14(18)17-10(2)4-3-5-13(17)16-11/h3-5,7,9,12H,6,8H2,1-2H3/t9-,12-/m1/s1. The summed E-state index contributed by atoms with van der Waals surface area (Å²) in [4.78, 5) is 28.1. The molecule has 3 rings (SSSR count). The van der Waals surface area contributed by atoms with Gasteiger partial charge >= 0.3 is 5.97 Å². The van der Waals surface area contributed by atoms with Gasteiger partial charge in [-0.2, -0.15) is 0 Å². The first-order valence-electron chi connectivity index (χ1n) is 6.71. The molecule has 1 saturated carbocycles. The highest BCUT2D eigenvalue weighted by Crippen LogP contribution is 2.38. The Hall–Kier alpha value is -2.17. The molecular formula is C15H16N2O3. The minimum atomic E-state index is -0.191. The molecule has 2 aromatic rings. The smallest absolute Gasteiger partial charge is 0.309 e. The average molecular weight is 272 g/mol. The number of carbonyl (C=O) groups is 1. The molecule has 0 N–H and O–H groups in total. The van der Waals surface area contributed by atoms with Crippen molar-refractivity contribution < 1.29 is 9.53 Å². The Kier molecular flexibility index (Phi) is 3.04. The van der Waals surface area contributed by atoms with Crippen molar-refractivity contribution in [2.24, 2.45) is 11.8 Å². The second-order valence-electron chi connectivity index (χ2n) is 5.37. The highest BCUT2D eigenvalue weighted by Gasteiger charge is 2.40. The Bertz CT molecular complexity index is 735. The van der Waals surface area contributed by atoms with Crippen molar-refractivity contribution in [1.82, 2.24) is 9.38 Å². The first-order valence-corrected chi connectivity index (χ1v) is 6.71. The molecule has 2 heterocycles. The summed E-state index contributed by atoms with van der Waals surface area (Å²) in [6.45, 7) is 3.93. The molecule has 0 aliphatic heterocycles. The first-order chi connectivity index (χ1) is 9.56. The monoisotopic (exact) mass is 272 g/mol. The van der Waals surface area contributed by atoms with Crippen molar-refractivity contribution in [2.75, 3.05) is 0 Å². The number of pyridine rings is 1. The number of esters is 1. The second kappa shape index (κ2) is 4.74. The van der Waals surface area contributed by atoms with Crippen LogP contribution in [-0.4, -0.2) is 15.4 Å². The molecule has 0 unspecified atom stereocenters. The average Bonchev–Trinajstić information content (AvgIpc) is 3.13.